The van der Waals surface area contributed by atoms with Crippen molar-refractivity contribution in [2.75, 3.05) is 13.2 Å². The number of rotatable bonds is 4. The van der Waals surface area contributed by atoms with E-state index in [1.165, 1.54) is 0 Å². The molecule has 4 heteroatoms. The first kappa shape index (κ1) is 7.84. The third kappa shape index (κ3) is 5.84. The van der Waals surface area contributed by atoms with Crippen LogP contribution in [0.25, 0.3) is 0 Å². The first-order chi connectivity index (χ1) is 3.77. The van der Waals surface area contributed by atoms with E-state index in [0.29, 0.717) is 13.2 Å². The standard InChI is InChI=1S/C4H12N2O2/c1-4(7)6-8-3-2-5/h4,6-7H,2-3,5H2,1H3. The van der Waals surface area contributed by atoms with Gasteiger partial charge in [-0.25, -0.2) is 0 Å². The molecule has 0 radical (unpaired) electrons. The maximum Gasteiger partial charge on any atom is 0.124 e. The molecule has 0 aliphatic carbocycles. The summed E-state index contributed by atoms with van der Waals surface area (Å²) in [5.41, 5.74) is 7.39. The molecule has 1 unspecified atom stereocenters. The van der Waals surface area contributed by atoms with Gasteiger partial charge in [0.15, 0.2) is 0 Å². The summed E-state index contributed by atoms with van der Waals surface area (Å²) in [5.74, 6) is 0. The summed E-state index contributed by atoms with van der Waals surface area (Å²) >= 11 is 0. The third-order valence-electron chi connectivity index (χ3n) is 0.474. The van der Waals surface area contributed by atoms with E-state index in [-0.39, 0.29) is 0 Å². The van der Waals surface area contributed by atoms with Crippen LogP contribution in [0.4, 0.5) is 0 Å². The number of nitrogens with one attached hydrogen (secondary N) is 1. The van der Waals surface area contributed by atoms with E-state index in [9.17, 15) is 0 Å². The minimum atomic E-state index is -0.624. The van der Waals surface area contributed by atoms with Gasteiger partial charge in [-0.05, 0) is 6.92 Å². The average Bonchev–Trinajstić information content (AvgIpc) is 1.66. The summed E-state index contributed by atoms with van der Waals surface area (Å²) in [5, 5.41) is 8.50. The number of hydrogen-bond donors (Lipinski definition) is 3. The zero-order valence-electron chi connectivity index (χ0n) is 4.92. The van der Waals surface area contributed by atoms with Crippen LogP contribution in [-0.2, 0) is 4.84 Å². The Kier molecular flexibility index (Phi) is 4.89. The molecular formula is C4H12N2O2. The maximum absolute atomic E-state index is 8.50. The molecule has 0 aliphatic heterocycles. The highest BCUT2D eigenvalue weighted by molar-refractivity contribution is 4.29. The molecule has 0 aromatic heterocycles. The van der Waals surface area contributed by atoms with E-state index in [1.807, 2.05) is 0 Å². The highest BCUT2D eigenvalue weighted by atomic mass is 16.7. The summed E-state index contributed by atoms with van der Waals surface area (Å²) in [7, 11) is 0. The summed E-state index contributed by atoms with van der Waals surface area (Å²) in [6.07, 6.45) is -0.624. The van der Waals surface area contributed by atoms with Gasteiger partial charge in [0.2, 0.25) is 0 Å². The van der Waals surface area contributed by atoms with Crippen LogP contribution in [-0.4, -0.2) is 24.5 Å². The van der Waals surface area contributed by atoms with Crippen molar-refractivity contribution in [1.29, 1.82) is 0 Å². The fraction of sp³-hybridized carbons (Fsp3) is 1.00. The highest BCUT2D eigenvalue weighted by Crippen LogP contribution is 1.69. The van der Waals surface area contributed by atoms with Crippen molar-refractivity contribution in [2.45, 2.75) is 13.2 Å². The molecule has 0 aromatic carbocycles. The molecule has 0 aliphatic rings. The molecule has 0 saturated carbocycles. The Bertz CT molecular complexity index is 49.3. The van der Waals surface area contributed by atoms with E-state index >= 15 is 0 Å². The molecule has 0 rings (SSSR count). The van der Waals surface area contributed by atoms with Crippen LogP contribution in [0, 0.1) is 0 Å². The zero-order chi connectivity index (χ0) is 6.41. The van der Waals surface area contributed by atoms with E-state index in [0.717, 1.165) is 0 Å². The summed E-state index contributed by atoms with van der Waals surface area (Å²) < 4.78 is 0. The Morgan fingerprint density at radius 1 is 1.88 bits per heavy atom. The zero-order valence-corrected chi connectivity index (χ0v) is 4.92. The molecule has 8 heavy (non-hydrogen) atoms. The monoisotopic (exact) mass is 120 g/mol. The second-order valence-electron chi connectivity index (χ2n) is 1.43. The minimum absolute atomic E-state index is 0.422. The van der Waals surface area contributed by atoms with Crippen LogP contribution in [0.1, 0.15) is 6.92 Å². The first-order valence-electron chi connectivity index (χ1n) is 2.53. The largest absolute Gasteiger partial charge is 0.377 e. The fourth-order valence-electron chi connectivity index (χ4n) is 0.238. The molecule has 0 bridgehead atoms. The van der Waals surface area contributed by atoms with E-state index in [4.69, 9.17) is 10.8 Å². The predicted octanol–water partition coefficient (Wildman–Crippen LogP) is -1.20. The van der Waals surface area contributed by atoms with Gasteiger partial charge in [0.25, 0.3) is 0 Å². The van der Waals surface area contributed by atoms with Gasteiger partial charge < -0.3 is 10.8 Å². The van der Waals surface area contributed by atoms with Crippen molar-refractivity contribution in [3.8, 4) is 0 Å². The lowest BCUT2D eigenvalue weighted by Crippen LogP contribution is -2.27. The normalized spacial score (nSPS) is 13.9. The van der Waals surface area contributed by atoms with Crippen molar-refractivity contribution in [3.05, 3.63) is 0 Å². The van der Waals surface area contributed by atoms with E-state index in [2.05, 4.69) is 10.3 Å². The van der Waals surface area contributed by atoms with E-state index in [1.54, 1.807) is 6.92 Å². The first-order valence-corrected chi connectivity index (χ1v) is 2.53. The van der Waals surface area contributed by atoms with Crippen molar-refractivity contribution in [2.24, 2.45) is 5.73 Å². The Morgan fingerprint density at radius 3 is 2.88 bits per heavy atom. The maximum atomic E-state index is 8.50. The summed E-state index contributed by atoms with van der Waals surface area (Å²) in [6.45, 7) is 2.45. The molecule has 0 fully saturated rings. The van der Waals surface area contributed by atoms with Crippen LogP contribution in [0.2, 0.25) is 0 Å². The number of aliphatic hydroxyl groups is 1. The molecule has 0 amide bonds. The average molecular weight is 120 g/mol. The summed E-state index contributed by atoms with van der Waals surface area (Å²) in [4.78, 5) is 4.62. The topological polar surface area (TPSA) is 67.5 Å². The van der Waals surface area contributed by atoms with Gasteiger partial charge in [0.1, 0.15) is 6.23 Å². The van der Waals surface area contributed by atoms with Crippen molar-refractivity contribution < 1.29 is 9.94 Å². The quantitative estimate of drug-likeness (QED) is 0.248. The lowest BCUT2D eigenvalue weighted by Gasteiger charge is -2.05. The van der Waals surface area contributed by atoms with Crippen LogP contribution in [0.5, 0.6) is 0 Å². The van der Waals surface area contributed by atoms with E-state index < -0.39 is 6.23 Å². The number of nitrogens with two attached hydrogens (primary N) is 1. The van der Waals surface area contributed by atoms with Crippen LogP contribution >= 0.6 is 0 Å². The number of hydroxylamine groups is 1. The van der Waals surface area contributed by atoms with Gasteiger partial charge in [0.05, 0.1) is 6.61 Å². The van der Waals surface area contributed by atoms with Crippen molar-refractivity contribution >= 4 is 0 Å². The second kappa shape index (κ2) is 4.99. The second-order valence-corrected chi connectivity index (χ2v) is 1.43. The lowest BCUT2D eigenvalue weighted by molar-refractivity contribution is -0.0450. The van der Waals surface area contributed by atoms with Gasteiger partial charge in [-0.3, -0.25) is 4.84 Å². The molecule has 4 N–H and O–H groups in total. The Balaban J connectivity index is 2.72. The van der Waals surface area contributed by atoms with Gasteiger partial charge in [-0.15, -0.1) is 0 Å². The predicted molar refractivity (Wildman–Crippen MR) is 29.8 cm³/mol. The molecule has 50 valence electrons. The fourth-order valence-corrected chi connectivity index (χ4v) is 0.238. The number of hydrogen-bond acceptors (Lipinski definition) is 4. The SMILES string of the molecule is CC(O)NOCCN. The van der Waals surface area contributed by atoms with Crippen LogP contribution < -0.4 is 11.2 Å². The molecule has 4 nitrogen and oxygen atoms in total. The molecular weight excluding hydrogens is 108 g/mol. The minimum Gasteiger partial charge on any atom is -0.377 e. The van der Waals surface area contributed by atoms with Crippen molar-refractivity contribution in [1.82, 2.24) is 5.48 Å². The van der Waals surface area contributed by atoms with Gasteiger partial charge >= 0.3 is 0 Å². The van der Waals surface area contributed by atoms with Crippen LogP contribution in [0.15, 0.2) is 0 Å². The molecule has 0 aromatic rings. The molecule has 0 spiro atoms. The smallest absolute Gasteiger partial charge is 0.124 e. The van der Waals surface area contributed by atoms with Crippen molar-refractivity contribution in [3.63, 3.8) is 0 Å². The van der Waals surface area contributed by atoms with Gasteiger partial charge in [-0.1, -0.05) is 0 Å². The Hall–Kier alpha value is -0.160. The lowest BCUT2D eigenvalue weighted by atomic mass is 10.7. The molecule has 0 saturated heterocycles. The van der Waals surface area contributed by atoms with Gasteiger partial charge in [0, 0.05) is 6.54 Å². The number of aliphatic hydroxyl groups excluding tert-OH is 1. The Labute approximate surface area is 48.6 Å². The molecule has 0 heterocycles. The van der Waals surface area contributed by atoms with Crippen LogP contribution in [0.3, 0.4) is 0 Å². The Morgan fingerprint density at radius 2 is 2.50 bits per heavy atom. The molecule has 1 atom stereocenters. The highest BCUT2D eigenvalue weighted by Gasteiger charge is 1.89. The summed E-state index contributed by atoms with van der Waals surface area (Å²) in [6, 6.07) is 0. The van der Waals surface area contributed by atoms with Gasteiger partial charge in [-0.2, -0.15) is 5.48 Å². The third-order valence-corrected chi connectivity index (χ3v) is 0.474.